The molecule has 2 aromatic heterocycles. The van der Waals surface area contributed by atoms with E-state index in [9.17, 15) is 0 Å². The van der Waals surface area contributed by atoms with Crippen molar-refractivity contribution in [2.75, 3.05) is 26.4 Å². The predicted molar refractivity (Wildman–Crippen MR) is 171 cm³/mol. The molecule has 40 heavy (non-hydrogen) atoms. The zero-order valence-electron chi connectivity index (χ0n) is 26.0. The van der Waals surface area contributed by atoms with Crippen LogP contribution in [0, 0.1) is 6.92 Å². The van der Waals surface area contributed by atoms with Gasteiger partial charge in [0.15, 0.2) is 12.6 Å². The van der Waals surface area contributed by atoms with Crippen molar-refractivity contribution in [3.63, 3.8) is 0 Å². The van der Waals surface area contributed by atoms with Crippen molar-refractivity contribution in [1.82, 2.24) is 9.97 Å². The molecule has 0 bridgehead atoms. The molecule has 2 fully saturated rings. The van der Waals surface area contributed by atoms with Crippen molar-refractivity contribution in [2.24, 2.45) is 0 Å². The van der Waals surface area contributed by atoms with Crippen molar-refractivity contribution < 1.29 is 18.9 Å². The zero-order chi connectivity index (χ0) is 29.6. The summed E-state index contributed by atoms with van der Waals surface area (Å²) in [7, 11) is 0. The molecule has 9 heteroatoms. The average molecular weight is 791 g/mol. The zero-order valence-corrected chi connectivity index (χ0v) is 32.5. The van der Waals surface area contributed by atoms with E-state index in [4.69, 9.17) is 30.5 Å². The van der Waals surface area contributed by atoms with Crippen molar-refractivity contribution in [2.45, 2.75) is 101 Å². The fourth-order valence-corrected chi connectivity index (χ4v) is 3.86. The first-order valence-electron chi connectivity index (χ1n) is 14.7. The first-order chi connectivity index (χ1) is 19.2. The standard InChI is InChI=1S/C13H19NO2.C12H16ClNO2.6CH3.2Sn/c1-11-10-12(5-7-14-11)6-9-16-13-4-2-3-8-15-13;13-11-9-10(4-6-14-11)5-8-16-12-3-1-2-7-15-12;;;;;;;;/h5,7,10,13H,2-4,6,8-9H2,1H3;4,6,9,12H,1-3,5,7-8H2;6*1H3;;. The van der Waals surface area contributed by atoms with Crippen molar-refractivity contribution >= 4 is 51.1 Å². The third-order valence-corrected chi connectivity index (χ3v) is 5.62. The summed E-state index contributed by atoms with van der Waals surface area (Å²) in [4.78, 5) is 22.3. The van der Waals surface area contributed by atoms with Crippen molar-refractivity contribution in [1.29, 1.82) is 0 Å². The Morgan fingerprint density at radius 2 is 1.20 bits per heavy atom. The summed E-state index contributed by atoms with van der Waals surface area (Å²) in [5, 5.41) is 0.534. The number of aryl methyl sites for hydroxylation is 1. The molecule has 2 saturated heterocycles. The SMILES string of the molecule is Cc1cc(CCOC2CCCCO2)ccn1.Clc1cc(CCOC2CCCCO2)ccn1.[CH3][Sn]([CH3])[CH3].[CH3][Sn]([CH3])[CH3]. The summed E-state index contributed by atoms with van der Waals surface area (Å²) in [5.41, 5.74) is 3.49. The molecule has 2 radical (unpaired) electrons. The van der Waals surface area contributed by atoms with E-state index in [0.29, 0.717) is 11.8 Å². The molecule has 4 rings (SSSR count). The summed E-state index contributed by atoms with van der Waals surface area (Å²) in [5.74, 6) is 0. The Morgan fingerprint density at radius 1 is 0.750 bits per heavy atom. The summed E-state index contributed by atoms with van der Waals surface area (Å²) in [6.45, 7) is 5.08. The number of aromatic nitrogens is 2. The summed E-state index contributed by atoms with van der Waals surface area (Å²) < 4.78 is 22.3. The molecular formula is C31H53ClN2O4Sn2. The molecule has 0 aliphatic carbocycles. The molecule has 2 aliphatic rings. The predicted octanol–water partition coefficient (Wildman–Crippen LogP) is 8.04. The van der Waals surface area contributed by atoms with Gasteiger partial charge < -0.3 is 18.9 Å². The second kappa shape index (κ2) is 24.5. The maximum atomic E-state index is 5.80. The Bertz CT molecular complexity index is 803. The average Bonchev–Trinajstić information content (AvgIpc) is 2.90. The minimum absolute atomic E-state index is 0.00828. The van der Waals surface area contributed by atoms with Gasteiger partial charge in [0.1, 0.15) is 5.15 Å². The van der Waals surface area contributed by atoms with E-state index in [1.165, 1.54) is 24.8 Å². The van der Waals surface area contributed by atoms with Gasteiger partial charge in [-0.05, 0) is 93.7 Å². The second-order valence-electron chi connectivity index (χ2n) is 11.1. The van der Waals surface area contributed by atoms with Crippen molar-refractivity contribution in [3.8, 4) is 0 Å². The van der Waals surface area contributed by atoms with Gasteiger partial charge in [-0.3, -0.25) is 4.98 Å². The first-order valence-corrected chi connectivity index (χ1v) is 32.2. The van der Waals surface area contributed by atoms with Crippen LogP contribution in [-0.2, 0) is 31.8 Å². The molecule has 2 aliphatic heterocycles. The maximum absolute atomic E-state index is 5.80. The van der Waals surface area contributed by atoms with E-state index in [-0.39, 0.29) is 12.6 Å². The molecule has 4 heterocycles. The Labute approximate surface area is 263 Å². The number of hydrogen-bond donors (Lipinski definition) is 0. The van der Waals surface area contributed by atoms with Gasteiger partial charge in [0.05, 0.1) is 13.2 Å². The van der Waals surface area contributed by atoms with Gasteiger partial charge in [-0.2, -0.15) is 0 Å². The van der Waals surface area contributed by atoms with E-state index >= 15 is 0 Å². The fourth-order valence-electron chi connectivity index (χ4n) is 3.66. The Morgan fingerprint density at radius 3 is 1.60 bits per heavy atom. The number of halogens is 1. The van der Waals surface area contributed by atoms with E-state index in [2.05, 4.69) is 45.7 Å². The number of nitrogens with zero attached hydrogens (tertiary/aromatic N) is 2. The van der Waals surface area contributed by atoms with Crippen LogP contribution in [0.25, 0.3) is 0 Å². The summed E-state index contributed by atoms with van der Waals surface area (Å²) in [6, 6.07) is 7.97. The second-order valence-corrected chi connectivity index (χ2v) is 28.6. The van der Waals surface area contributed by atoms with Crippen LogP contribution in [0.4, 0.5) is 0 Å². The molecule has 226 valence electrons. The molecule has 6 nitrogen and oxygen atoms in total. The summed E-state index contributed by atoms with van der Waals surface area (Å²) in [6.07, 6.45) is 12.2. The van der Waals surface area contributed by atoms with Crippen LogP contribution in [0.3, 0.4) is 0 Å². The Balaban J connectivity index is 0.000000317. The van der Waals surface area contributed by atoms with E-state index in [0.717, 1.165) is 63.2 Å². The van der Waals surface area contributed by atoms with E-state index in [1.54, 1.807) is 6.20 Å². The topological polar surface area (TPSA) is 62.7 Å². The van der Waals surface area contributed by atoms with E-state index < -0.39 is 39.5 Å². The van der Waals surface area contributed by atoms with Crippen LogP contribution in [0.15, 0.2) is 36.7 Å². The molecule has 2 atom stereocenters. The quantitative estimate of drug-likeness (QED) is 0.200. The van der Waals surface area contributed by atoms with Gasteiger partial charge in [-0.15, -0.1) is 0 Å². The number of ether oxygens (including phenoxy) is 4. The Hall–Kier alpha value is 0.0274. The summed E-state index contributed by atoms with van der Waals surface area (Å²) >= 11 is 4.71. The Kier molecular flexibility index (Phi) is 23.3. The van der Waals surface area contributed by atoms with Gasteiger partial charge in [0, 0.05) is 31.3 Å². The number of pyridine rings is 2. The molecule has 0 N–H and O–H groups in total. The van der Waals surface area contributed by atoms with Crippen LogP contribution in [0.5, 0.6) is 0 Å². The normalized spacial score (nSPS) is 18.6. The first kappa shape index (κ1) is 38.1. The van der Waals surface area contributed by atoms with Crippen LogP contribution in [0.2, 0.25) is 34.8 Å². The van der Waals surface area contributed by atoms with Gasteiger partial charge in [-0.1, -0.05) is 11.6 Å². The van der Waals surface area contributed by atoms with Gasteiger partial charge in [0.25, 0.3) is 0 Å². The van der Waals surface area contributed by atoms with Gasteiger partial charge in [-0.25, -0.2) is 4.98 Å². The molecule has 2 aromatic rings. The molecular weight excluding hydrogens is 737 g/mol. The minimum atomic E-state index is -0.543. The van der Waals surface area contributed by atoms with Crippen LogP contribution < -0.4 is 0 Å². The van der Waals surface area contributed by atoms with Gasteiger partial charge >= 0.3 is 69.2 Å². The van der Waals surface area contributed by atoms with Crippen LogP contribution in [-0.4, -0.2) is 88.5 Å². The van der Waals surface area contributed by atoms with Crippen molar-refractivity contribution in [3.05, 3.63) is 58.6 Å². The molecule has 0 saturated carbocycles. The molecule has 2 unspecified atom stereocenters. The van der Waals surface area contributed by atoms with Crippen LogP contribution in [0.1, 0.15) is 55.3 Å². The number of hydrogen-bond acceptors (Lipinski definition) is 6. The monoisotopic (exact) mass is 792 g/mol. The van der Waals surface area contributed by atoms with Gasteiger partial charge in [0.2, 0.25) is 0 Å². The number of rotatable bonds is 8. The van der Waals surface area contributed by atoms with Crippen LogP contribution >= 0.6 is 11.6 Å². The third kappa shape index (κ3) is 22.6. The van der Waals surface area contributed by atoms with E-state index in [1.807, 2.05) is 31.3 Å². The molecule has 0 amide bonds. The third-order valence-electron chi connectivity index (χ3n) is 5.42. The fraction of sp³-hybridized carbons (Fsp3) is 0.677. The molecule has 0 aromatic carbocycles. The molecule has 0 spiro atoms.